The maximum atomic E-state index is 14.1. The number of hydrogen-bond acceptors (Lipinski definition) is 7. The average Bonchev–Trinajstić information content (AvgIpc) is 3.59. The molecule has 3 fully saturated rings. The normalized spacial score (nSPS) is 21.5. The van der Waals surface area contributed by atoms with Gasteiger partial charge in [-0.3, -0.25) is 14.6 Å². The summed E-state index contributed by atoms with van der Waals surface area (Å²) in [6.07, 6.45) is 14.0. The number of halogens is 1. The van der Waals surface area contributed by atoms with Crippen molar-refractivity contribution in [1.29, 1.82) is 0 Å². The highest BCUT2D eigenvalue weighted by Gasteiger charge is 2.27. The smallest absolute Gasteiger partial charge is 0.276 e. The molecule has 0 spiro atoms. The Morgan fingerprint density at radius 1 is 0.947 bits per heavy atom. The molecule has 3 aromatic heterocycles. The third-order valence-electron chi connectivity index (χ3n) is 7.80. The molecule has 4 N–H and O–H groups in total. The number of nitrogens with one attached hydrogen (secondary N) is 4. The van der Waals surface area contributed by atoms with E-state index in [9.17, 15) is 14.0 Å². The number of carbonyl (C=O) groups is 2. The van der Waals surface area contributed by atoms with Crippen molar-refractivity contribution in [1.82, 2.24) is 24.9 Å². The maximum Gasteiger partial charge on any atom is 0.276 e. The second kappa shape index (κ2) is 10.5. The van der Waals surface area contributed by atoms with E-state index in [1.165, 1.54) is 29.4 Å². The maximum absolute atomic E-state index is 14.1. The summed E-state index contributed by atoms with van der Waals surface area (Å²) >= 11 is 0. The minimum absolute atomic E-state index is 0.0451. The van der Waals surface area contributed by atoms with Gasteiger partial charge in [0.15, 0.2) is 17.2 Å². The van der Waals surface area contributed by atoms with Gasteiger partial charge in [0.05, 0.1) is 23.8 Å². The minimum atomic E-state index is -0.614. The van der Waals surface area contributed by atoms with Crippen molar-refractivity contribution in [2.75, 3.05) is 16.0 Å². The number of aromatic nitrogens is 4. The van der Waals surface area contributed by atoms with Crippen LogP contribution in [0, 0.1) is 11.7 Å². The van der Waals surface area contributed by atoms with Gasteiger partial charge >= 0.3 is 0 Å². The zero-order chi connectivity index (χ0) is 26.1. The predicted octanol–water partition coefficient (Wildman–Crippen LogP) is 4.12. The first-order chi connectivity index (χ1) is 18.5. The molecule has 200 valence electrons. The summed E-state index contributed by atoms with van der Waals surface area (Å²) in [5.41, 5.74) is 1.60. The van der Waals surface area contributed by atoms with Crippen LogP contribution in [0.3, 0.4) is 0 Å². The van der Waals surface area contributed by atoms with Crippen LogP contribution in [0.4, 0.5) is 21.6 Å². The molecule has 0 unspecified atom stereocenters. The summed E-state index contributed by atoms with van der Waals surface area (Å²) in [6.45, 7) is 0. The van der Waals surface area contributed by atoms with Gasteiger partial charge < -0.3 is 21.3 Å². The lowest BCUT2D eigenvalue weighted by atomic mass is 9.83. The highest BCUT2D eigenvalue weighted by atomic mass is 19.1. The molecule has 2 amide bonds. The fourth-order valence-electron chi connectivity index (χ4n) is 5.23. The number of amides is 2. The van der Waals surface area contributed by atoms with Crippen LogP contribution in [0.25, 0.3) is 5.65 Å². The van der Waals surface area contributed by atoms with Crippen LogP contribution < -0.4 is 21.3 Å². The molecule has 0 radical (unpaired) electrons. The molecule has 3 aliphatic rings. The fraction of sp³-hybridized carbons (Fsp3) is 0.519. The predicted molar refractivity (Wildman–Crippen MR) is 142 cm³/mol. The molecular weight excluding hydrogens is 487 g/mol. The van der Waals surface area contributed by atoms with E-state index >= 15 is 0 Å². The number of pyridine rings is 1. The molecule has 3 aliphatic carbocycles. The van der Waals surface area contributed by atoms with E-state index in [0.29, 0.717) is 35.9 Å². The van der Waals surface area contributed by atoms with Crippen LogP contribution in [0.15, 0.2) is 30.7 Å². The molecule has 3 heterocycles. The molecule has 0 atom stereocenters. The third-order valence-corrected chi connectivity index (χ3v) is 7.80. The van der Waals surface area contributed by atoms with Gasteiger partial charge in [-0.05, 0) is 69.8 Å². The summed E-state index contributed by atoms with van der Waals surface area (Å²) in [5.74, 6) is 0.122. The Hall–Kier alpha value is -3.76. The Balaban J connectivity index is 1.15. The van der Waals surface area contributed by atoms with E-state index in [-0.39, 0.29) is 23.3 Å². The van der Waals surface area contributed by atoms with Crippen LogP contribution >= 0.6 is 0 Å². The van der Waals surface area contributed by atoms with Gasteiger partial charge in [0, 0.05) is 36.8 Å². The molecule has 3 saturated carbocycles. The van der Waals surface area contributed by atoms with Crippen molar-refractivity contribution in [2.24, 2.45) is 5.92 Å². The highest BCUT2D eigenvalue weighted by molar-refractivity contribution is 6.03. The molecule has 38 heavy (non-hydrogen) atoms. The van der Waals surface area contributed by atoms with E-state index in [4.69, 9.17) is 5.10 Å². The first-order valence-corrected chi connectivity index (χ1v) is 13.6. The van der Waals surface area contributed by atoms with Crippen molar-refractivity contribution in [2.45, 2.75) is 82.3 Å². The lowest BCUT2D eigenvalue weighted by Crippen LogP contribution is -2.40. The van der Waals surface area contributed by atoms with E-state index in [1.54, 1.807) is 0 Å². The Bertz CT molecular complexity index is 1330. The van der Waals surface area contributed by atoms with Crippen molar-refractivity contribution in [3.63, 3.8) is 0 Å². The van der Waals surface area contributed by atoms with Gasteiger partial charge in [-0.15, -0.1) is 5.10 Å². The number of fused-ring (bicyclic) bond motifs is 1. The SMILES string of the molecule is O=C(CC1CCC(Nc2cc(NC3CC3)c3ncc(C(=O)Nc4ccncc4F)n3n2)CC1)NC1CCC1. The molecule has 0 saturated heterocycles. The van der Waals surface area contributed by atoms with Crippen molar-refractivity contribution in [3.05, 3.63) is 42.2 Å². The van der Waals surface area contributed by atoms with Crippen LogP contribution in [0.1, 0.15) is 74.7 Å². The molecule has 10 nitrogen and oxygen atoms in total. The van der Waals surface area contributed by atoms with Crippen LogP contribution in [-0.4, -0.2) is 49.5 Å². The number of nitrogens with zero attached hydrogens (tertiary/aromatic N) is 4. The molecule has 11 heteroatoms. The van der Waals surface area contributed by atoms with Gasteiger partial charge in [-0.2, -0.15) is 0 Å². The molecule has 3 aromatic rings. The average molecular weight is 521 g/mol. The standard InChI is InChI=1S/C27H33FN8O2/c28-20-14-29-11-10-21(20)34-27(38)23-15-30-26-22(31-18-8-9-18)13-24(35-36(23)26)32-19-6-4-16(5-7-19)12-25(37)33-17-2-1-3-17/h10-11,13-19,31H,1-9,12H2,(H,32,35)(H,33,37)(H,29,34,38). The van der Waals surface area contributed by atoms with E-state index in [0.717, 1.165) is 63.3 Å². The number of carbonyl (C=O) groups excluding carboxylic acids is 2. The lowest BCUT2D eigenvalue weighted by molar-refractivity contribution is -0.123. The Morgan fingerprint density at radius 3 is 2.42 bits per heavy atom. The van der Waals surface area contributed by atoms with Crippen molar-refractivity contribution < 1.29 is 14.0 Å². The Kier molecular flexibility index (Phi) is 6.82. The van der Waals surface area contributed by atoms with Gasteiger partial charge in [0.1, 0.15) is 5.82 Å². The first-order valence-electron chi connectivity index (χ1n) is 13.6. The molecule has 6 rings (SSSR count). The second-order valence-electron chi connectivity index (χ2n) is 10.8. The fourth-order valence-corrected chi connectivity index (χ4v) is 5.23. The van der Waals surface area contributed by atoms with Crippen LogP contribution in [0.2, 0.25) is 0 Å². The van der Waals surface area contributed by atoms with E-state index in [1.807, 2.05) is 6.07 Å². The zero-order valence-corrected chi connectivity index (χ0v) is 21.3. The number of anilines is 3. The van der Waals surface area contributed by atoms with Gasteiger partial charge in [-0.25, -0.2) is 13.9 Å². The van der Waals surface area contributed by atoms with E-state index in [2.05, 4.69) is 31.2 Å². The summed E-state index contributed by atoms with van der Waals surface area (Å²) in [4.78, 5) is 33.5. The van der Waals surface area contributed by atoms with Crippen LogP contribution in [0.5, 0.6) is 0 Å². The topological polar surface area (TPSA) is 125 Å². The summed E-state index contributed by atoms with van der Waals surface area (Å²) in [6, 6.07) is 4.36. The lowest BCUT2D eigenvalue weighted by Gasteiger charge is -2.31. The van der Waals surface area contributed by atoms with Gasteiger partial charge in [-0.1, -0.05) is 0 Å². The van der Waals surface area contributed by atoms with Crippen molar-refractivity contribution in [3.8, 4) is 0 Å². The number of rotatable bonds is 9. The van der Waals surface area contributed by atoms with Crippen molar-refractivity contribution >= 4 is 34.7 Å². The quantitative estimate of drug-likeness (QED) is 0.334. The Morgan fingerprint density at radius 2 is 1.71 bits per heavy atom. The molecule has 0 aromatic carbocycles. The second-order valence-corrected chi connectivity index (χ2v) is 10.8. The molecular formula is C27H33FN8O2. The first kappa shape index (κ1) is 24.6. The summed E-state index contributed by atoms with van der Waals surface area (Å²) < 4.78 is 15.6. The van der Waals surface area contributed by atoms with Crippen LogP contribution in [-0.2, 0) is 4.79 Å². The third kappa shape index (κ3) is 5.56. The molecule has 0 aliphatic heterocycles. The Labute approximate surface area is 220 Å². The van der Waals surface area contributed by atoms with Gasteiger partial charge in [0.25, 0.3) is 5.91 Å². The monoisotopic (exact) mass is 520 g/mol. The highest BCUT2D eigenvalue weighted by Crippen LogP contribution is 2.32. The summed E-state index contributed by atoms with van der Waals surface area (Å²) in [5, 5.41) is 17.5. The minimum Gasteiger partial charge on any atom is -0.379 e. The summed E-state index contributed by atoms with van der Waals surface area (Å²) in [7, 11) is 0. The largest absolute Gasteiger partial charge is 0.379 e. The number of hydrogen-bond donors (Lipinski definition) is 4. The van der Waals surface area contributed by atoms with E-state index < -0.39 is 11.7 Å². The number of imidazole rings is 1. The zero-order valence-electron chi connectivity index (χ0n) is 21.3. The molecule has 0 bridgehead atoms. The van der Waals surface area contributed by atoms with Gasteiger partial charge in [0.2, 0.25) is 5.91 Å².